The minimum atomic E-state index is -3.60. The molecule has 1 saturated heterocycles. The topological polar surface area (TPSA) is 105 Å². The summed E-state index contributed by atoms with van der Waals surface area (Å²) >= 11 is 0. The fraction of sp³-hybridized carbons (Fsp3) is 0.700. The zero-order chi connectivity index (χ0) is 14.0. The molecule has 1 aromatic heterocycles. The van der Waals surface area contributed by atoms with Crippen molar-refractivity contribution in [3.05, 3.63) is 6.33 Å². The molecule has 108 valence electrons. The fourth-order valence-corrected chi connectivity index (χ4v) is 3.83. The summed E-state index contributed by atoms with van der Waals surface area (Å²) in [6, 6.07) is 0. The monoisotopic (exact) mass is 289 g/mol. The first-order valence-corrected chi connectivity index (χ1v) is 7.51. The highest BCUT2D eigenvalue weighted by atomic mass is 32.2. The van der Waals surface area contributed by atoms with Crippen LogP contribution in [0.3, 0.4) is 0 Å². The third kappa shape index (κ3) is 2.73. The van der Waals surface area contributed by atoms with Crippen LogP contribution in [-0.2, 0) is 17.1 Å². The van der Waals surface area contributed by atoms with Crippen LogP contribution in [0.25, 0.3) is 0 Å². The molecule has 8 nitrogen and oxygen atoms in total. The van der Waals surface area contributed by atoms with Gasteiger partial charge in [-0.1, -0.05) is 0 Å². The highest BCUT2D eigenvalue weighted by molar-refractivity contribution is 7.89. The Hall–Kier alpha value is -1.16. The van der Waals surface area contributed by atoms with Gasteiger partial charge in [0.25, 0.3) is 10.0 Å². The number of aliphatic hydroxyl groups is 1. The number of nitrogens with two attached hydrogens (primary N) is 1. The molecule has 19 heavy (non-hydrogen) atoms. The number of nitrogen functional groups attached to an aromatic ring is 1. The van der Waals surface area contributed by atoms with Crippen LogP contribution in [0.15, 0.2) is 11.4 Å². The highest BCUT2D eigenvalue weighted by Gasteiger charge is 2.32. The van der Waals surface area contributed by atoms with E-state index in [1.54, 1.807) is 7.05 Å². The first-order valence-electron chi connectivity index (χ1n) is 6.07. The lowest BCUT2D eigenvalue weighted by Gasteiger charge is -2.33. The number of imidazole rings is 1. The normalized spacial score (nSPS) is 18.8. The summed E-state index contributed by atoms with van der Waals surface area (Å²) in [6.07, 6.45) is 1.39. The molecule has 0 aliphatic carbocycles. The van der Waals surface area contributed by atoms with Crippen molar-refractivity contribution < 1.29 is 13.5 Å². The molecule has 0 saturated carbocycles. The van der Waals surface area contributed by atoms with Gasteiger partial charge in [-0.05, 0) is 0 Å². The number of anilines is 1. The van der Waals surface area contributed by atoms with Crippen molar-refractivity contribution in [2.75, 3.05) is 45.1 Å². The summed E-state index contributed by atoms with van der Waals surface area (Å²) in [4.78, 5) is 5.84. The number of hydrogen-bond acceptors (Lipinski definition) is 6. The molecule has 0 atom stereocenters. The highest BCUT2D eigenvalue weighted by Crippen LogP contribution is 2.21. The molecule has 3 N–H and O–H groups in total. The van der Waals surface area contributed by atoms with Gasteiger partial charge >= 0.3 is 0 Å². The Kier molecular flexibility index (Phi) is 4.09. The smallest absolute Gasteiger partial charge is 0.262 e. The van der Waals surface area contributed by atoms with Crippen LogP contribution >= 0.6 is 0 Å². The lowest BCUT2D eigenvalue weighted by Crippen LogP contribution is -2.49. The molecule has 2 rings (SSSR count). The van der Waals surface area contributed by atoms with Crippen molar-refractivity contribution >= 4 is 15.8 Å². The van der Waals surface area contributed by atoms with E-state index in [2.05, 4.69) is 4.98 Å². The molecule has 0 bridgehead atoms. The lowest BCUT2D eigenvalue weighted by atomic mass is 10.4. The van der Waals surface area contributed by atoms with Crippen LogP contribution in [0.1, 0.15) is 0 Å². The van der Waals surface area contributed by atoms with Gasteiger partial charge in [0.15, 0.2) is 10.8 Å². The summed E-state index contributed by atoms with van der Waals surface area (Å²) in [6.45, 7) is 2.66. The number of sulfonamides is 1. The van der Waals surface area contributed by atoms with Crippen LogP contribution in [0.5, 0.6) is 0 Å². The van der Waals surface area contributed by atoms with Gasteiger partial charge in [0, 0.05) is 39.8 Å². The Balaban J connectivity index is 2.15. The first-order chi connectivity index (χ1) is 8.96. The van der Waals surface area contributed by atoms with Crippen LogP contribution in [0.4, 0.5) is 5.82 Å². The fourth-order valence-electron chi connectivity index (χ4n) is 2.21. The van der Waals surface area contributed by atoms with Crippen LogP contribution in [-0.4, -0.2) is 71.6 Å². The molecule has 1 aromatic rings. The second-order valence-electron chi connectivity index (χ2n) is 4.52. The first kappa shape index (κ1) is 14.3. The van der Waals surface area contributed by atoms with Crippen LogP contribution in [0.2, 0.25) is 0 Å². The molecule has 9 heteroatoms. The largest absolute Gasteiger partial charge is 0.395 e. The quantitative estimate of drug-likeness (QED) is 0.684. The number of aryl methyl sites for hydroxylation is 1. The molecular weight excluding hydrogens is 270 g/mol. The summed E-state index contributed by atoms with van der Waals surface area (Å²) in [7, 11) is -1.99. The third-order valence-corrected chi connectivity index (χ3v) is 5.27. The second-order valence-corrected chi connectivity index (χ2v) is 6.37. The maximum atomic E-state index is 12.5. The Labute approximate surface area is 112 Å². The predicted octanol–water partition coefficient (Wildman–Crippen LogP) is -1.70. The Bertz CT molecular complexity index is 514. The third-order valence-electron chi connectivity index (χ3n) is 3.24. The summed E-state index contributed by atoms with van der Waals surface area (Å²) in [5.41, 5.74) is 5.63. The van der Waals surface area contributed by atoms with Gasteiger partial charge in [-0.2, -0.15) is 4.31 Å². The van der Waals surface area contributed by atoms with Crippen molar-refractivity contribution in [3.8, 4) is 0 Å². The lowest BCUT2D eigenvalue weighted by molar-refractivity contribution is 0.151. The minimum Gasteiger partial charge on any atom is -0.395 e. The number of aliphatic hydroxyl groups excluding tert-OH is 1. The molecule has 0 spiro atoms. The summed E-state index contributed by atoms with van der Waals surface area (Å²) < 4.78 is 27.8. The molecule has 2 heterocycles. The van der Waals surface area contributed by atoms with Crippen molar-refractivity contribution in [3.63, 3.8) is 0 Å². The average molecular weight is 289 g/mol. The zero-order valence-electron chi connectivity index (χ0n) is 10.9. The van der Waals surface area contributed by atoms with Crippen LogP contribution < -0.4 is 5.73 Å². The van der Waals surface area contributed by atoms with Gasteiger partial charge in [0.1, 0.15) is 0 Å². The van der Waals surface area contributed by atoms with E-state index in [-0.39, 0.29) is 17.5 Å². The van der Waals surface area contributed by atoms with Crippen molar-refractivity contribution in [2.24, 2.45) is 7.05 Å². The number of rotatable bonds is 4. The number of nitrogens with zero attached hydrogens (tertiary/aromatic N) is 4. The van der Waals surface area contributed by atoms with Gasteiger partial charge in [0.2, 0.25) is 0 Å². The summed E-state index contributed by atoms with van der Waals surface area (Å²) in [5, 5.41) is 8.91. The average Bonchev–Trinajstić information content (AvgIpc) is 2.70. The molecule has 0 aromatic carbocycles. The Morgan fingerprint density at radius 1 is 1.37 bits per heavy atom. The minimum absolute atomic E-state index is 0.0280. The van der Waals surface area contributed by atoms with E-state index in [4.69, 9.17) is 10.8 Å². The number of hydrogen-bond donors (Lipinski definition) is 2. The van der Waals surface area contributed by atoms with E-state index >= 15 is 0 Å². The van der Waals surface area contributed by atoms with Gasteiger partial charge < -0.3 is 15.4 Å². The molecule has 1 aliphatic heterocycles. The number of aromatic nitrogens is 2. The van der Waals surface area contributed by atoms with E-state index in [1.807, 2.05) is 4.90 Å². The summed E-state index contributed by atoms with van der Waals surface area (Å²) in [5.74, 6) is 0.0280. The number of piperazine rings is 1. The standard InChI is InChI=1S/C10H19N5O3S/c1-13-8-12-9(11)10(13)19(17,18)15-4-2-14(3-5-15)6-7-16/h8,16H,2-7,11H2,1H3. The van der Waals surface area contributed by atoms with Gasteiger partial charge in [-0.3, -0.25) is 4.90 Å². The Morgan fingerprint density at radius 3 is 2.47 bits per heavy atom. The van der Waals surface area contributed by atoms with Gasteiger partial charge in [-0.15, -0.1) is 0 Å². The molecule has 1 aliphatic rings. The van der Waals surface area contributed by atoms with Gasteiger partial charge in [-0.25, -0.2) is 13.4 Å². The van der Waals surface area contributed by atoms with E-state index in [0.29, 0.717) is 32.7 Å². The van der Waals surface area contributed by atoms with E-state index in [1.165, 1.54) is 15.2 Å². The SMILES string of the molecule is Cn1cnc(N)c1S(=O)(=O)N1CCN(CCO)CC1. The maximum Gasteiger partial charge on any atom is 0.262 e. The van der Waals surface area contributed by atoms with E-state index < -0.39 is 10.0 Å². The van der Waals surface area contributed by atoms with Gasteiger partial charge in [0.05, 0.1) is 12.9 Å². The molecule has 0 amide bonds. The van der Waals surface area contributed by atoms with Crippen molar-refractivity contribution in [1.29, 1.82) is 0 Å². The molecule has 1 fully saturated rings. The maximum absolute atomic E-state index is 12.5. The molecule has 0 unspecified atom stereocenters. The number of β-amino-alcohol motifs (C(OH)–C–C–N with tert-alkyl or cyclic N) is 1. The molecule has 0 radical (unpaired) electrons. The van der Waals surface area contributed by atoms with E-state index in [0.717, 1.165) is 0 Å². The van der Waals surface area contributed by atoms with Crippen molar-refractivity contribution in [2.45, 2.75) is 5.03 Å². The predicted molar refractivity (Wildman–Crippen MR) is 69.9 cm³/mol. The zero-order valence-corrected chi connectivity index (χ0v) is 11.7. The second kappa shape index (κ2) is 5.45. The van der Waals surface area contributed by atoms with Crippen molar-refractivity contribution in [1.82, 2.24) is 18.8 Å². The Morgan fingerprint density at radius 2 is 2.00 bits per heavy atom. The molecular formula is C10H19N5O3S. The van der Waals surface area contributed by atoms with Crippen LogP contribution in [0, 0.1) is 0 Å². The van der Waals surface area contributed by atoms with E-state index in [9.17, 15) is 8.42 Å².